The van der Waals surface area contributed by atoms with Crippen molar-refractivity contribution in [1.29, 1.82) is 0 Å². The molecule has 0 aliphatic carbocycles. The fourth-order valence-corrected chi connectivity index (χ4v) is 3.48. The molecule has 1 atom stereocenters. The summed E-state index contributed by atoms with van der Waals surface area (Å²) in [6, 6.07) is 14.7. The molecule has 8 heteroatoms. The number of amides is 1. The Kier molecular flexibility index (Phi) is 3.67. The maximum absolute atomic E-state index is 13.1. The van der Waals surface area contributed by atoms with Crippen LogP contribution in [0.25, 0.3) is 22.4 Å². The predicted octanol–water partition coefficient (Wildman–Crippen LogP) is 2.99. The molecule has 134 valence electrons. The van der Waals surface area contributed by atoms with E-state index in [0.29, 0.717) is 29.3 Å². The second kappa shape index (κ2) is 6.31. The van der Waals surface area contributed by atoms with E-state index >= 15 is 0 Å². The van der Waals surface area contributed by atoms with E-state index in [1.165, 1.54) is 0 Å². The van der Waals surface area contributed by atoms with Gasteiger partial charge in [0.1, 0.15) is 17.1 Å². The zero-order chi connectivity index (χ0) is 18.2. The van der Waals surface area contributed by atoms with Crippen LogP contribution < -0.4 is 0 Å². The lowest BCUT2D eigenvalue weighted by Gasteiger charge is -2.21. The third kappa shape index (κ3) is 2.75. The summed E-state index contributed by atoms with van der Waals surface area (Å²) in [5.74, 6) is 0.943. The average molecular weight is 360 g/mol. The maximum atomic E-state index is 13.1. The lowest BCUT2D eigenvalue weighted by atomic mass is 10.1. The van der Waals surface area contributed by atoms with Crippen molar-refractivity contribution >= 4 is 16.9 Å². The van der Waals surface area contributed by atoms with Crippen LogP contribution in [0.5, 0.6) is 0 Å². The molecule has 1 aliphatic heterocycles. The number of rotatable bonds is 3. The summed E-state index contributed by atoms with van der Waals surface area (Å²) in [6.07, 6.45) is 1.69. The Labute approximate surface area is 154 Å². The average Bonchev–Trinajstić information content (AvgIpc) is 3.47. The van der Waals surface area contributed by atoms with Gasteiger partial charge in [-0.15, -0.1) is 0 Å². The molecule has 1 saturated heterocycles. The number of nitrogens with zero attached hydrogens (tertiary/aromatic N) is 5. The second-order valence-electron chi connectivity index (χ2n) is 6.51. The van der Waals surface area contributed by atoms with Crippen LogP contribution in [0.4, 0.5) is 0 Å². The van der Waals surface area contributed by atoms with Crippen LogP contribution in [0.3, 0.4) is 0 Å². The summed E-state index contributed by atoms with van der Waals surface area (Å²) >= 11 is 0. The minimum atomic E-state index is -0.213. The van der Waals surface area contributed by atoms with Crippen molar-refractivity contribution in [3.05, 3.63) is 60.0 Å². The smallest absolute Gasteiger partial charge is 0.254 e. The molecule has 1 fully saturated rings. The molecule has 1 N–H and O–H groups in total. The van der Waals surface area contributed by atoms with Crippen molar-refractivity contribution in [2.24, 2.45) is 0 Å². The van der Waals surface area contributed by atoms with Crippen LogP contribution in [0.1, 0.15) is 35.1 Å². The number of benzene rings is 2. The molecule has 1 unspecified atom stereocenters. The molecule has 3 heterocycles. The molecule has 0 saturated carbocycles. The Balaban J connectivity index is 1.43. The van der Waals surface area contributed by atoms with Gasteiger partial charge in [0.05, 0.1) is 0 Å². The number of H-pyrrole nitrogens is 1. The Hall–Kier alpha value is -3.55. The van der Waals surface area contributed by atoms with E-state index in [1.807, 2.05) is 30.3 Å². The number of fused-ring (bicyclic) bond motifs is 1. The summed E-state index contributed by atoms with van der Waals surface area (Å²) in [5, 5.41) is 14.7. The number of carbonyl (C=O) groups excluding carboxylic acids is 1. The van der Waals surface area contributed by atoms with Crippen LogP contribution in [-0.2, 0) is 0 Å². The molecule has 2 aromatic carbocycles. The van der Waals surface area contributed by atoms with Gasteiger partial charge in [-0.2, -0.15) is 20.4 Å². The quantitative estimate of drug-likeness (QED) is 0.603. The largest absolute Gasteiger partial charge is 0.337 e. The zero-order valence-electron chi connectivity index (χ0n) is 14.4. The number of hydrogen-bond donors (Lipinski definition) is 1. The highest BCUT2D eigenvalue weighted by atomic mass is 16.5. The second-order valence-corrected chi connectivity index (χ2v) is 6.51. The SMILES string of the molecule is O=C(c1ccc2n[nH]nc2c1)N1CCCC1c1nc(-c2ccccc2)no1. The summed E-state index contributed by atoms with van der Waals surface area (Å²) in [7, 11) is 0. The third-order valence-corrected chi connectivity index (χ3v) is 4.84. The van der Waals surface area contributed by atoms with E-state index in [4.69, 9.17) is 4.52 Å². The molecule has 1 aliphatic rings. The molecule has 8 nitrogen and oxygen atoms in total. The fraction of sp³-hybridized carbons (Fsp3) is 0.211. The molecule has 5 rings (SSSR count). The Morgan fingerprint density at radius 3 is 2.85 bits per heavy atom. The van der Waals surface area contributed by atoms with Crippen LogP contribution >= 0.6 is 0 Å². The highest BCUT2D eigenvalue weighted by molar-refractivity contribution is 5.97. The van der Waals surface area contributed by atoms with E-state index in [9.17, 15) is 4.79 Å². The van der Waals surface area contributed by atoms with Crippen LogP contribution in [0, 0.1) is 0 Å². The Morgan fingerprint density at radius 2 is 1.96 bits per heavy atom. The fourth-order valence-electron chi connectivity index (χ4n) is 3.48. The first-order valence-electron chi connectivity index (χ1n) is 8.80. The summed E-state index contributed by atoms with van der Waals surface area (Å²) in [5.41, 5.74) is 2.86. The molecule has 0 radical (unpaired) electrons. The number of likely N-dealkylation sites (tertiary alicyclic amines) is 1. The van der Waals surface area contributed by atoms with Crippen molar-refractivity contribution in [3.63, 3.8) is 0 Å². The van der Waals surface area contributed by atoms with Crippen LogP contribution in [0.2, 0.25) is 0 Å². The first-order chi connectivity index (χ1) is 13.3. The standard InChI is InChI=1S/C19H16N6O2/c26-19(13-8-9-14-15(11-13)22-24-21-14)25-10-4-7-16(25)18-20-17(23-27-18)12-5-2-1-3-6-12/h1-3,5-6,8-9,11,16H,4,7,10H2,(H,21,22,24). The predicted molar refractivity (Wildman–Crippen MR) is 96.6 cm³/mol. The Morgan fingerprint density at radius 1 is 1.11 bits per heavy atom. The van der Waals surface area contributed by atoms with Gasteiger partial charge in [0.2, 0.25) is 11.7 Å². The number of aromatic nitrogens is 5. The van der Waals surface area contributed by atoms with Crippen molar-refractivity contribution in [3.8, 4) is 11.4 Å². The first-order valence-corrected chi connectivity index (χ1v) is 8.80. The Bertz CT molecular complexity index is 1100. The third-order valence-electron chi connectivity index (χ3n) is 4.84. The molecular weight excluding hydrogens is 344 g/mol. The molecular formula is C19H16N6O2. The number of hydrogen-bond acceptors (Lipinski definition) is 6. The molecule has 1 amide bonds. The number of nitrogens with one attached hydrogen (secondary N) is 1. The minimum absolute atomic E-state index is 0.0677. The van der Waals surface area contributed by atoms with Crippen molar-refractivity contribution in [2.45, 2.75) is 18.9 Å². The topological polar surface area (TPSA) is 101 Å². The van der Waals surface area contributed by atoms with Gasteiger partial charge in [-0.3, -0.25) is 4.79 Å². The van der Waals surface area contributed by atoms with Crippen LogP contribution in [-0.4, -0.2) is 42.9 Å². The number of carbonyl (C=O) groups is 1. The van der Waals surface area contributed by atoms with Crippen molar-refractivity contribution in [2.75, 3.05) is 6.54 Å². The van der Waals surface area contributed by atoms with Crippen LogP contribution in [0.15, 0.2) is 53.1 Å². The molecule has 4 aromatic rings. The van der Waals surface area contributed by atoms with E-state index in [0.717, 1.165) is 23.9 Å². The highest BCUT2D eigenvalue weighted by Crippen LogP contribution is 2.33. The minimum Gasteiger partial charge on any atom is -0.337 e. The summed E-state index contributed by atoms with van der Waals surface area (Å²) in [4.78, 5) is 19.4. The maximum Gasteiger partial charge on any atom is 0.254 e. The van der Waals surface area contributed by atoms with Gasteiger partial charge in [0, 0.05) is 17.7 Å². The van der Waals surface area contributed by atoms with E-state index in [1.54, 1.807) is 23.1 Å². The molecule has 0 spiro atoms. The van der Waals surface area contributed by atoms with Gasteiger partial charge >= 0.3 is 0 Å². The van der Waals surface area contributed by atoms with Gasteiger partial charge in [0.15, 0.2) is 0 Å². The van der Waals surface area contributed by atoms with E-state index in [-0.39, 0.29) is 11.9 Å². The van der Waals surface area contributed by atoms with Crippen molar-refractivity contribution in [1.82, 2.24) is 30.5 Å². The van der Waals surface area contributed by atoms with Gasteiger partial charge < -0.3 is 9.42 Å². The zero-order valence-corrected chi connectivity index (χ0v) is 14.4. The molecule has 2 aromatic heterocycles. The first kappa shape index (κ1) is 15.7. The number of aromatic amines is 1. The lowest BCUT2D eigenvalue weighted by molar-refractivity contribution is 0.0710. The van der Waals surface area contributed by atoms with Gasteiger partial charge in [-0.1, -0.05) is 35.5 Å². The molecule has 0 bridgehead atoms. The summed E-state index contributed by atoms with van der Waals surface area (Å²) in [6.45, 7) is 0.656. The van der Waals surface area contributed by atoms with Crippen molar-refractivity contribution < 1.29 is 9.32 Å². The summed E-state index contributed by atoms with van der Waals surface area (Å²) < 4.78 is 5.49. The normalized spacial score (nSPS) is 16.9. The molecule has 27 heavy (non-hydrogen) atoms. The monoisotopic (exact) mass is 360 g/mol. The van der Waals surface area contributed by atoms with Gasteiger partial charge in [0.25, 0.3) is 5.91 Å². The van der Waals surface area contributed by atoms with E-state index < -0.39 is 0 Å². The lowest BCUT2D eigenvalue weighted by Crippen LogP contribution is -2.30. The highest BCUT2D eigenvalue weighted by Gasteiger charge is 2.34. The van der Waals surface area contributed by atoms with Gasteiger partial charge in [-0.25, -0.2) is 0 Å². The van der Waals surface area contributed by atoms with Gasteiger partial charge in [-0.05, 0) is 31.0 Å². The van der Waals surface area contributed by atoms with E-state index in [2.05, 4.69) is 25.6 Å².